The Morgan fingerprint density at radius 1 is 1.21 bits per heavy atom. The molecule has 1 heterocycles. The molecule has 3 nitrogen and oxygen atoms in total. The highest BCUT2D eigenvalue weighted by molar-refractivity contribution is 8.03. The van der Waals surface area contributed by atoms with Gasteiger partial charge in [-0.15, -0.1) is 0 Å². The molecule has 1 aliphatic heterocycles. The normalized spacial score (nSPS) is 21.8. The summed E-state index contributed by atoms with van der Waals surface area (Å²) in [5.41, 5.74) is 1.73. The van der Waals surface area contributed by atoms with Crippen LogP contribution in [0.15, 0.2) is 53.6 Å². The van der Waals surface area contributed by atoms with E-state index < -0.39 is 4.99 Å². The number of rotatable bonds is 2. The molecule has 0 radical (unpaired) electrons. The van der Waals surface area contributed by atoms with E-state index in [9.17, 15) is 0 Å². The van der Waals surface area contributed by atoms with Crippen LogP contribution in [0.3, 0.4) is 0 Å². The molecule has 1 atom stereocenters. The second kappa shape index (κ2) is 4.61. The molecular formula is C15H13N3S. The highest BCUT2D eigenvalue weighted by Crippen LogP contribution is 2.40. The summed E-state index contributed by atoms with van der Waals surface area (Å²) >= 11 is 1.58. The molecule has 0 fully saturated rings. The van der Waals surface area contributed by atoms with Gasteiger partial charge in [0.2, 0.25) is 0 Å². The lowest BCUT2D eigenvalue weighted by atomic mass is 10.0. The standard InChI is InChI=1S/C15H13N3S/c1-17-15(18-12(9-16)10-19-15)14-8-4-6-11-5-2-3-7-13(11)14/h2-8,10,17-18H,1H3. The van der Waals surface area contributed by atoms with E-state index in [1.807, 2.05) is 30.7 Å². The van der Waals surface area contributed by atoms with Crippen molar-refractivity contribution in [3.8, 4) is 6.07 Å². The van der Waals surface area contributed by atoms with Gasteiger partial charge in [-0.25, -0.2) is 0 Å². The first kappa shape index (κ1) is 12.1. The maximum Gasteiger partial charge on any atom is 0.168 e. The van der Waals surface area contributed by atoms with Crippen molar-refractivity contribution in [2.45, 2.75) is 4.99 Å². The molecule has 3 rings (SSSR count). The molecule has 1 aliphatic rings. The minimum absolute atomic E-state index is 0.466. The van der Waals surface area contributed by atoms with Gasteiger partial charge < -0.3 is 5.32 Å². The molecule has 0 saturated carbocycles. The van der Waals surface area contributed by atoms with Crippen LogP contribution in [0.1, 0.15) is 5.56 Å². The molecule has 2 aromatic rings. The average molecular weight is 267 g/mol. The number of hydrogen-bond donors (Lipinski definition) is 2. The zero-order valence-electron chi connectivity index (χ0n) is 10.5. The summed E-state index contributed by atoms with van der Waals surface area (Å²) in [7, 11) is 1.90. The van der Waals surface area contributed by atoms with Crippen LogP contribution in [0.25, 0.3) is 10.8 Å². The number of benzene rings is 2. The Hall–Kier alpha value is -1.96. The van der Waals surface area contributed by atoms with Crippen molar-refractivity contribution in [2.75, 3.05) is 7.05 Å². The van der Waals surface area contributed by atoms with E-state index in [-0.39, 0.29) is 0 Å². The summed E-state index contributed by atoms with van der Waals surface area (Å²) in [6.07, 6.45) is 0. The minimum Gasteiger partial charge on any atom is -0.346 e. The monoisotopic (exact) mass is 267 g/mol. The smallest absolute Gasteiger partial charge is 0.168 e. The van der Waals surface area contributed by atoms with E-state index in [1.54, 1.807) is 11.8 Å². The second-order valence-electron chi connectivity index (χ2n) is 4.34. The molecule has 0 saturated heterocycles. The van der Waals surface area contributed by atoms with E-state index >= 15 is 0 Å². The molecule has 1 unspecified atom stereocenters. The Morgan fingerprint density at radius 2 is 2.00 bits per heavy atom. The molecule has 0 bridgehead atoms. The van der Waals surface area contributed by atoms with Gasteiger partial charge in [0, 0.05) is 11.0 Å². The van der Waals surface area contributed by atoms with Crippen LogP contribution >= 0.6 is 11.8 Å². The predicted octanol–water partition coefficient (Wildman–Crippen LogP) is 2.87. The van der Waals surface area contributed by atoms with Crippen LogP contribution < -0.4 is 10.6 Å². The van der Waals surface area contributed by atoms with Crippen molar-refractivity contribution in [3.05, 3.63) is 59.1 Å². The van der Waals surface area contributed by atoms with Crippen molar-refractivity contribution >= 4 is 22.5 Å². The van der Waals surface area contributed by atoms with Crippen molar-refractivity contribution in [1.29, 1.82) is 5.26 Å². The third-order valence-corrected chi connectivity index (χ3v) is 4.54. The second-order valence-corrected chi connectivity index (χ2v) is 5.43. The van der Waals surface area contributed by atoms with Gasteiger partial charge in [0.15, 0.2) is 4.99 Å². The van der Waals surface area contributed by atoms with Crippen molar-refractivity contribution in [1.82, 2.24) is 10.6 Å². The van der Waals surface area contributed by atoms with Crippen LogP contribution in [0.2, 0.25) is 0 Å². The maximum atomic E-state index is 9.03. The zero-order chi connectivity index (χ0) is 13.3. The lowest BCUT2D eigenvalue weighted by molar-refractivity contribution is 0.486. The first-order valence-corrected chi connectivity index (χ1v) is 6.90. The maximum absolute atomic E-state index is 9.03. The Morgan fingerprint density at radius 3 is 2.74 bits per heavy atom. The van der Waals surface area contributed by atoms with Crippen LogP contribution in [0.5, 0.6) is 0 Å². The predicted molar refractivity (Wildman–Crippen MR) is 79.1 cm³/mol. The van der Waals surface area contributed by atoms with Crippen molar-refractivity contribution in [2.24, 2.45) is 0 Å². The minimum atomic E-state index is -0.466. The largest absolute Gasteiger partial charge is 0.346 e. The van der Waals surface area contributed by atoms with E-state index in [2.05, 4.69) is 41.0 Å². The summed E-state index contributed by atoms with van der Waals surface area (Å²) in [4.78, 5) is -0.466. The molecule has 0 aromatic heterocycles. The Bertz CT molecular complexity index is 697. The number of nitriles is 1. The highest BCUT2D eigenvalue weighted by Gasteiger charge is 2.36. The summed E-state index contributed by atoms with van der Waals surface area (Å²) < 4.78 is 0. The Balaban J connectivity index is 2.16. The third-order valence-electron chi connectivity index (χ3n) is 3.31. The van der Waals surface area contributed by atoms with Crippen LogP contribution in [0, 0.1) is 11.3 Å². The third kappa shape index (κ3) is 1.88. The number of hydrogen-bond acceptors (Lipinski definition) is 4. The SMILES string of the molecule is CNC1(c2cccc3ccccc23)NC(C#N)=CS1. The zero-order valence-corrected chi connectivity index (χ0v) is 11.3. The quantitative estimate of drug-likeness (QED) is 0.878. The summed E-state index contributed by atoms with van der Waals surface area (Å²) in [6, 6.07) is 16.7. The molecule has 2 N–H and O–H groups in total. The van der Waals surface area contributed by atoms with Crippen LogP contribution in [0.4, 0.5) is 0 Å². The Labute approximate surface area is 116 Å². The van der Waals surface area contributed by atoms with Gasteiger partial charge in [-0.05, 0) is 17.8 Å². The fourth-order valence-corrected chi connectivity index (χ4v) is 3.37. The number of allylic oxidation sites excluding steroid dienone is 1. The van der Waals surface area contributed by atoms with Crippen LogP contribution in [-0.2, 0) is 4.99 Å². The number of thioether (sulfide) groups is 1. The molecule has 2 aromatic carbocycles. The van der Waals surface area contributed by atoms with Crippen LogP contribution in [-0.4, -0.2) is 7.05 Å². The summed E-state index contributed by atoms with van der Waals surface area (Å²) in [5, 5.41) is 19.8. The number of nitrogens with one attached hydrogen (secondary N) is 2. The summed E-state index contributed by atoms with van der Waals surface area (Å²) in [5.74, 6) is 0. The fourth-order valence-electron chi connectivity index (χ4n) is 2.37. The van der Waals surface area contributed by atoms with Gasteiger partial charge in [-0.2, -0.15) is 5.26 Å². The van der Waals surface area contributed by atoms with Crippen molar-refractivity contribution in [3.63, 3.8) is 0 Å². The van der Waals surface area contributed by atoms with E-state index in [0.717, 1.165) is 5.56 Å². The molecule has 0 spiro atoms. The summed E-state index contributed by atoms with van der Waals surface area (Å²) in [6.45, 7) is 0. The lowest BCUT2D eigenvalue weighted by Crippen LogP contribution is -2.46. The van der Waals surface area contributed by atoms with Gasteiger partial charge in [0.05, 0.1) is 0 Å². The lowest BCUT2D eigenvalue weighted by Gasteiger charge is -2.30. The van der Waals surface area contributed by atoms with Gasteiger partial charge in [0.25, 0.3) is 0 Å². The fraction of sp³-hybridized carbons (Fsp3) is 0.133. The van der Waals surface area contributed by atoms with E-state index in [4.69, 9.17) is 5.26 Å². The number of fused-ring (bicyclic) bond motifs is 1. The first-order chi connectivity index (χ1) is 9.29. The average Bonchev–Trinajstić information content (AvgIpc) is 2.91. The van der Waals surface area contributed by atoms with Gasteiger partial charge in [-0.1, -0.05) is 54.2 Å². The highest BCUT2D eigenvalue weighted by atomic mass is 32.2. The number of nitrogens with zero attached hydrogens (tertiary/aromatic N) is 1. The first-order valence-electron chi connectivity index (χ1n) is 6.02. The van der Waals surface area contributed by atoms with Gasteiger partial charge in [-0.3, -0.25) is 5.32 Å². The molecule has 0 amide bonds. The molecular weight excluding hydrogens is 254 g/mol. The Kier molecular flexibility index (Phi) is 2.94. The molecule has 94 valence electrons. The van der Waals surface area contributed by atoms with E-state index in [0.29, 0.717) is 5.70 Å². The van der Waals surface area contributed by atoms with Crippen molar-refractivity contribution < 1.29 is 0 Å². The molecule has 19 heavy (non-hydrogen) atoms. The van der Waals surface area contributed by atoms with Gasteiger partial charge >= 0.3 is 0 Å². The molecule has 4 heteroatoms. The molecule has 0 aliphatic carbocycles. The topological polar surface area (TPSA) is 47.8 Å². The van der Waals surface area contributed by atoms with Gasteiger partial charge in [0.1, 0.15) is 11.8 Å². The van der Waals surface area contributed by atoms with E-state index in [1.165, 1.54) is 10.8 Å².